The van der Waals surface area contributed by atoms with Gasteiger partial charge in [0.2, 0.25) is 11.8 Å². The number of fused-ring (bicyclic) bond motifs is 1. The van der Waals surface area contributed by atoms with E-state index in [9.17, 15) is 9.59 Å². The fourth-order valence-corrected chi connectivity index (χ4v) is 3.52. The maximum atomic E-state index is 13.1. The summed E-state index contributed by atoms with van der Waals surface area (Å²) in [4.78, 5) is 31.6. The highest BCUT2D eigenvalue weighted by atomic mass is 16.5. The van der Waals surface area contributed by atoms with E-state index in [1.165, 1.54) is 0 Å². The van der Waals surface area contributed by atoms with E-state index in [-0.39, 0.29) is 18.2 Å². The Labute approximate surface area is 157 Å². The number of hydrogen-bond donors (Lipinski definition) is 0. The summed E-state index contributed by atoms with van der Waals surface area (Å²) in [5.41, 5.74) is 4.61. The third kappa shape index (κ3) is 2.97. The summed E-state index contributed by atoms with van der Waals surface area (Å²) >= 11 is 0. The van der Waals surface area contributed by atoms with Gasteiger partial charge in [-0.2, -0.15) is 0 Å². The number of ether oxygens (including phenoxy) is 1. The van der Waals surface area contributed by atoms with Crippen LogP contribution in [0, 0.1) is 19.8 Å². The first-order valence-corrected chi connectivity index (χ1v) is 8.91. The number of benzene rings is 2. The SMILES string of the molecule is COc1ccc(N2CC(C(=O)n3cnc4cc(C)c(C)cc43)CC2=O)cc1. The number of methoxy groups -OCH3 is 1. The van der Waals surface area contributed by atoms with Gasteiger partial charge >= 0.3 is 0 Å². The van der Waals surface area contributed by atoms with E-state index in [1.807, 2.05) is 50.2 Å². The Morgan fingerprint density at radius 2 is 1.85 bits per heavy atom. The molecule has 3 aromatic rings. The quantitative estimate of drug-likeness (QED) is 0.716. The van der Waals surface area contributed by atoms with Crippen molar-refractivity contribution < 1.29 is 14.3 Å². The molecule has 1 aliphatic rings. The van der Waals surface area contributed by atoms with Crippen molar-refractivity contribution in [2.24, 2.45) is 5.92 Å². The minimum Gasteiger partial charge on any atom is -0.497 e. The summed E-state index contributed by atoms with van der Waals surface area (Å²) in [5, 5.41) is 0. The van der Waals surface area contributed by atoms with Crippen LogP contribution in [0.5, 0.6) is 5.75 Å². The van der Waals surface area contributed by atoms with Crippen molar-refractivity contribution in [3.05, 3.63) is 53.9 Å². The van der Waals surface area contributed by atoms with E-state index < -0.39 is 5.92 Å². The first-order valence-electron chi connectivity index (χ1n) is 8.91. The first-order chi connectivity index (χ1) is 13.0. The lowest BCUT2D eigenvalue weighted by molar-refractivity contribution is -0.117. The summed E-state index contributed by atoms with van der Waals surface area (Å²) in [6.45, 7) is 4.41. The molecule has 2 heterocycles. The van der Waals surface area contributed by atoms with Gasteiger partial charge in [0.25, 0.3) is 0 Å². The molecule has 0 saturated carbocycles. The Balaban J connectivity index is 1.60. The van der Waals surface area contributed by atoms with Gasteiger partial charge in [0.15, 0.2) is 0 Å². The van der Waals surface area contributed by atoms with Crippen LogP contribution in [0.3, 0.4) is 0 Å². The predicted octanol–water partition coefficient (Wildman–Crippen LogP) is 3.36. The second-order valence-electron chi connectivity index (χ2n) is 6.98. The number of aromatic nitrogens is 2. The van der Waals surface area contributed by atoms with Crippen molar-refractivity contribution in [3.8, 4) is 5.75 Å². The molecule has 0 radical (unpaired) electrons. The summed E-state index contributed by atoms with van der Waals surface area (Å²) in [7, 11) is 1.60. The van der Waals surface area contributed by atoms with Gasteiger partial charge in [-0.05, 0) is 61.4 Å². The minimum atomic E-state index is -0.390. The highest BCUT2D eigenvalue weighted by Crippen LogP contribution is 2.28. The van der Waals surface area contributed by atoms with Gasteiger partial charge in [0.05, 0.1) is 24.1 Å². The third-order valence-corrected chi connectivity index (χ3v) is 5.26. The van der Waals surface area contributed by atoms with Gasteiger partial charge in [-0.25, -0.2) is 4.98 Å². The van der Waals surface area contributed by atoms with Gasteiger partial charge in [-0.3, -0.25) is 14.2 Å². The lowest BCUT2D eigenvalue weighted by Gasteiger charge is -2.17. The monoisotopic (exact) mass is 363 g/mol. The van der Waals surface area contributed by atoms with Gasteiger partial charge in [-0.1, -0.05) is 0 Å². The Hall–Kier alpha value is -3.15. The Kier molecular flexibility index (Phi) is 4.18. The number of hydrogen-bond acceptors (Lipinski definition) is 4. The number of nitrogens with zero attached hydrogens (tertiary/aromatic N) is 3. The molecule has 1 aliphatic heterocycles. The number of amides is 1. The number of carbonyl (C=O) groups excluding carboxylic acids is 2. The van der Waals surface area contributed by atoms with Crippen LogP contribution in [0.2, 0.25) is 0 Å². The number of rotatable bonds is 3. The molecule has 0 bridgehead atoms. The molecule has 1 saturated heterocycles. The molecule has 2 aromatic carbocycles. The molecule has 138 valence electrons. The number of aryl methyl sites for hydroxylation is 2. The summed E-state index contributed by atoms with van der Waals surface area (Å²) in [6, 6.07) is 11.3. The van der Waals surface area contributed by atoms with Crippen LogP contribution in [0.4, 0.5) is 5.69 Å². The molecule has 1 atom stereocenters. The molecule has 0 aliphatic carbocycles. The molecule has 1 unspecified atom stereocenters. The maximum absolute atomic E-state index is 13.1. The Morgan fingerprint density at radius 1 is 1.15 bits per heavy atom. The van der Waals surface area contributed by atoms with Crippen LogP contribution in [-0.4, -0.2) is 35.0 Å². The van der Waals surface area contributed by atoms with Gasteiger partial charge in [-0.15, -0.1) is 0 Å². The highest BCUT2D eigenvalue weighted by Gasteiger charge is 2.36. The molecule has 0 spiro atoms. The standard InChI is InChI=1S/C21H21N3O3/c1-13-8-18-19(9-14(13)2)24(12-22-18)21(26)15-10-20(25)23(11-15)16-4-6-17(27-3)7-5-16/h4-9,12,15H,10-11H2,1-3H3. The number of anilines is 1. The van der Waals surface area contributed by atoms with E-state index in [0.717, 1.165) is 33.6 Å². The molecule has 4 rings (SSSR count). The average Bonchev–Trinajstić information content (AvgIpc) is 3.25. The molecule has 0 N–H and O–H groups in total. The first kappa shape index (κ1) is 17.3. The topological polar surface area (TPSA) is 64.4 Å². The zero-order valence-corrected chi connectivity index (χ0v) is 15.6. The van der Waals surface area contributed by atoms with Crippen molar-refractivity contribution in [3.63, 3.8) is 0 Å². The van der Waals surface area contributed by atoms with Crippen LogP contribution < -0.4 is 9.64 Å². The van der Waals surface area contributed by atoms with E-state index in [2.05, 4.69) is 4.98 Å². The van der Waals surface area contributed by atoms with Crippen LogP contribution >= 0.6 is 0 Å². The van der Waals surface area contributed by atoms with Crippen molar-refractivity contribution in [1.82, 2.24) is 9.55 Å². The molecule has 1 aromatic heterocycles. The van der Waals surface area contributed by atoms with Crippen LogP contribution in [0.1, 0.15) is 22.3 Å². The van der Waals surface area contributed by atoms with Gasteiger partial charge in [0.1, 0.15) is 12.1 Å². The molecule has 1 amide bonds. The molecular weight excluding hydrogens is 342 g/mol. The Bertz CT molecular complexity index is 1040. The minimum absolute atomic E-state index is 0.0463. The maximum Gasteiger partial charge on any atom is 0.237 e. The van der Waals surface area contributed by atoms with Crippen molar-refractivity contribution in [2.75, 3.05) is 18.6 Å². The van der Waals surface area contributed by atoms with E-state index in [1.54, 1.807) is 22.9 Å². The largest absolute Gasteiger partial charge is 0.497 e. The van der Waals surface area contributed by atoms with Crippen molar-refractivity contribution in [2.45, 2.75) is 20.3 Å². The van der Waals surface area contributed by atoms with Crippen molar-refractivity contribution >= 4 is 28.5 Å². The highest BCUT2D eigenvalue weighted by molar-refractivity contribution is 6.02. The van der Waals surface area contributed by atoms with E-state index in [0.29, 0.717) is 6.54 Å². The molecule has 6 heteroatoms. The zero-order chi connectivity index (χ0) is 19.1. The summed E-state index contributed by atoms with van der Waals surface area (Å²) in [5.74, 6) is 0.201. The fourth-order valence-electron chi connectivity index (χ4n) is 3.52. The third-order valence-electron chi connectivity index (χ3n) is 5.26. The second kappa shape index (κ2) is 6.54. The second-order valence-corrected chi connectivity index (χ2v) is 6.98. The Morgan fingerprint density at radius 3 is 2.56 bits per heavy atom. The molecular formula is C21H21N3O3. The molecule has 27 heavy (non-hydrogen) atoms. The van der Waals surface area contributed by atoms with Crippen LogP contribution in [-0.2, 0) is 4.79 Å². The summed E-state index contributed by atoms with van der Waals surface area (Å²) in [6.07, 6.45) is 1.77. The predicted molar refractivity (Wildman–Crippen MR) is 103 cm³/mol. The van der Waals surface area contributed by atoms with Crippen LogP contribution in [0.25, 0.3) is 11.0 Å². The van der Waals surface area contributed by atoms with E-state index in [4.69, 9.17) is 4.74 Å². The fraction of sp³-hybridized carbons (Fsp3) is 0.286. The normalized spacial score (nSPS) is 16.9. The van der Waals surface area contributed by atoms with Gasteiger partial charge in [0, 0.05) is 18.7 Å². The number of carbonyl (C=O) groups is 2. The lowest BCUT2D eigenvalue weighted by atomic mass is 10.1. The van der Waals surface area contributed by atoms with Crippen molar-refractivity contribution in [1.29, 1.82) is 0 Å². The van der Waals surface area contributed by atoms with E-state index >= 15 is 0 Å². The van der Waals surface area contributed by atoms with Gasteiger partial charge < -0.3 is 9.64 Å². The smallest absolute Gasteiger partial charge is 0.237 e. The molecule has 1 fully saturated rings. The number of imidazole rings is 1. The zero-order valence-electron chi connectivity index (χ0n) is 15.6. The average molecular weight is 363 g/mol. The molecule has 6 nitrogen and oxygen atoms in total. The lowest BCUT2D eigenvalue weighted by Crippen LogP contribution is -2.27. The summed E-state index contributed by atoms with van der Waals surface area (Å²) < 4.78 is 6.74. The van der Waals surface area contributed by atoms with Crippen LogP contribution in [0.15, 0.2) is 42.7 Å².